The van der Waals surface area contributed by atoms with Crippen LogP contribution in [0.25, 0.3) is 0 Å². The predicted octanol–water partition coefficient (Wildman–Crippen LogP) is 3.37. The predicted molar refractivity (Wildman–Crippen MR) is 125 cm³/mol. The maximum Gasteiger partial charge on any atom is 0.320 e. The lowest BCUT2D eigenvalue weighted by Crippen LogP contribution is -2.62. The molecule has 1 rings (SSSR count). The van der Waals surface area contributed by atoms with Crippen LogP contribution in [0.15, 0.2) is 23.9 Å². The van der Waals surface area contributed by atoms with Crippen molar-refractivity contribution < 1.29 is 19.4 Å². The number of carbonyl (C=O) groups is 2. The molecule has 1 aliphatic rings. The fourth-order valence-electron chi connectivity index (χ4n) is 4.33. The van der Waals surface area contributed by atoms with Crippen molar-refractivity contribution in [3.63, 3.8) is 0 Å². The van der Waals surface area contributed by atoms with E-state index in [0.717, 1.165) is 31.4 Å². The van der Waals surface area contributed by atoms with Gasteiger partial charge in [-0.1, -0.05) is 38.0 Å². The van der Waals surface area contributed by atoms with E-state index in [1.165, 1.54) is 0 Å². The summed E-state index contributed by atoms with van der Waals surface area (Å²) in [6, 6.07) is -1.21. The van der Waals surface area contributed by atoms with Gasteiger partial charge in [0.15, 0.2) is 0 Å². The van der Waals surface area contributed by atoms with Gasteiger partial charge in [0.05, 0.1) is 11.6 Å². The monoisotopic (exact) mass is 437 g/mol. The molecule has 1 amide bonds. The highest BCUT2D eigenvalue weighted by atomic mass is 16.5. The molecule has 4 N–H and O–H groups in total. The summed E-state index contributed by atoms with van der Waals surface area (Å²) in [6.07, 6.45) is 10.2. The topological polar surface area (TPSA) is 99.7 Å². The molecule has 0 aromatic carbocycles. The number of amides is 1. The zero-order valence-electron chi connectivity index (χ0n) is 20.2. The molecule has 7 nitrogen and oxygen atoms in total. The minimum absolute atomic E-state index is 0.00241. The zero-order valence-corrected chi connectivity index (χ0v) is 20.2. The highest BCUT2D eigenvalue weighted by Crippen LogP contribution is 2.32. The van der Waals surface area contributed by atoms with Crippen molar-refractivity contribution in [2.45, 2.75) is 96.9 Å². The largest absolute Gasteiger partial charge is 0.480 e. The molecular weight excluding hydrogens is 394 g/mol. The molecule has 1 aliphatic heterocycles. The molecule has 1 saturated heterocycles. The second kappa shape index (κ2) is 13.5. The van der Waals surface area contributed by atoms with Crippen LogP contribution in [0, 0.1) is 5.92 Å². The van der Waals surface area contributed by atoms with Gasteiger partial charge in [0, 0.05) is 26.1 Å². The highest BCUT2D eigenvalue weighted by molar-refractivity contribution is 5.77. The number of hydrogen-bond donors (Lipinski definition) is 4. The Morgan fingerprint density at radius 1 is 1.29 bits per heavy atom. The summed E-state index contributed by atoms with van der Waals surface area (Å²) in [7, 11) is 1.66. The van der Waals surface area contributed by atoms with Gasteiger partial charge in [-0.15, -0.1) is 0 Å². The van der Waals surface area contributed by atoms with E-state index in [4.69, 9.17) is 4.74 Å². The lowest BCUT2D eigenvalue weighted by molar-refractivity contribution is -0.139. The van der Waals surface area contributed by atoms with Gasteiger partial charge in [0.25, 0.3) is 0 Å². The molecule has 1 unspecified atom stereocenters. The molecule has 1 heterocycles. The van der Waals surface area contributed by atoms with E-state index < -0.39 is 17.6 Å². The van der Waals surface area contributed by atoms with Gasteiger partial charge >= 0.3 is 5.97 Å². The SMILES string of the molecule is C/C=C\[C@@H]1C[C@H](C(=O)O)N[C@H]1[C@@H](NC(=O)CC/C(C)=C/NCCC)C(C)(CCC)OC. The number of hydrogen-bond acceptors (Lipinski definition) is 5. The fraction of sp³-hybridized carbons (Fsp3) is 0.750. The number of carboxylic acid groups (broad SMARTS) is 1. The summed E-state index contributed by atoms with van der Waals surface area (Å²) in [5, 5.41) is 19.3. The van der Waals surface area contributed by atoms with Crippen molar-refractivity contribution >= 4 is 11.9 Å². The Morgan fingerprint density at radius 3 is 2.55 bits per heavy atom. The highest BCUT2D eigenvalue weighted by Gasteiger charge is 2.47. The van der Waals surface area contributed by atoms with Crippen LogP contribution in [0.5, 0.6) is 0 Å². The van der Waals surface area contributed by atoms with Crippen molar-refractivity contribution in [2.75, 3.05) is 13.7 Å². The summed E-state index contributed by atoms with van der Waals surface area (Å²) in [4.78, 5) is 24.6. The molecule has 31 heavy (non-hydrogen) atoms. The van der Waals surface area contributed by atoms with Crippen LogP contribution < -0.4 is 16.0 Å². The first-order valence-electron chi connectivity index (χ1n) is 11.6. The zero-order chi connectivity index (χ0) is 23.4. The van der Waals surface area contributed by atoms with Crippen molar-refractivity contribution in [2.24, 2.45) is 5.92 Å². The molecule has 0 aliphatic carbocycles. The van der Waals surface area contributed by atoms with E-state index in [9.17, 15) is 14.7 Å². The van der Waals surface area contributed by atoms with Crippen LogP contribution in [-0.4, -0.2) is 54.4 Å². The third-order valence-electron chi connectivity index (χ3n) is 6.14. The van der Waals surface area contributed by atoms with Crippen molar-refractivity contribution in [1.82, 2.24) is 16.0 Å². The van der Waals surface area contributed by atoms with Gasteiger partial charge in [0.1, 0.15) is 6.04 Å². The number of allylic oxidation sites excluding steroid dienone is 2. The Balaban J connectivity index is 3.03. The lowest BCUT2D eigenvalue weighted by Gasteiger charge is -2.42. The van der Waals surface area contributed by atoms with Gasteiger partial charge in [-0.3, -0.25) is 14.9 Å². The van der Waals surface area contributed by atoms with Crippen LogP contribution >= 0.6 is 0 Å². The van der Waals surface area contributed by atoms with Gasteiger partial charge in [-0.25, -0.2) is 0 Å². The standard InChI is InChI=1S/C24H43N3O4/c1-7-10-18-15-19(23(29)30)26-21(18)22(24(5,31-6)13-8-2)27-20(28)12-11-17(4)16-25-14-9-3/h7,10,16,18-19,21-22,25-26H,8-9,11-15H2,1-6H3,(H,27,28)(H,29,30)/b10-7-,17-16+/t18-,19-,21-,22-,24?/m1/s1. The van der Waals surface area contributed by atoms with Crippen molar-refractivity contribution in [1.29, 1.82) is 0 Å². The second-order valence-electron chi connectivity index (χ2n) is 8.77. The number of methoxy groups -OCH3 is 1. The number of rotatable bonds is 14. The maximum absolute atomic E-state index is 12.9. The van der Waals surface area contributed by atoms with E-state index in [-0.39, 0.29) is 23.9 Å². The third kappa shape index (κ3) is 8.30. The maximum atomic E-state index is 12.9. The Morgan fingerprint density at radius 2 is 2.00 bits per heavy atom. The Kier molecular flexibility index (Phi) is 11.9. The summed E-state index contributed by atoms with van der Waals surface area (Å²) < 4.78 is 5.92. The molecule has 0 saturated carbocycles. The fourth-order valence-corrected chi connectivity index (χ4v) is 4.33. The number of carbonyl (C=O) groups excluding carboxylic acids is 1. The van der Waals surface area contributed by atoms with E-state index in [2.05, 4.69) is 29.8 Å². The molecule has 0 aromatic rings. The molecule has 0 spiro atoms. The number of nitrogens with one attached hydrogen (secondary N) is 3. The van der Waals surface area contributed by atoms with Gasteiger partial charge in [-0.05, 0) is 58.6 Å². The summed E-state index contributed by atoms with van der Waals surface area (Å²) in [5.74, 6) is -0.910. The van der Waals surface area contributed by atoms with E-state index in [0.29, 0.717) is 19.3 Å². The van der Waals surface area contributed by atoms with Crippen molar-refractivity contribution in [3.05, 3.63) is 23.9 Å². The molecule has 0 radical (unpaired) electrons. The summed E-state index contributed by atoms with van der Waals surface area (Å²) in [6.45, 7) is 11.1. The third-order valence-corrected chi connectivity index (χ3v) is 6.14. The first kappa shape index (κ1) is 27.2. The quantitative estimate of drug-likeness (QED) is 0.246. The normalized spacial score (nSPS) is 24.7. The van der Waals surface area contributed by atoms with E-state index >= 15 is 0 Å². The average molecular weight is 438 g/mol. The van der Waals surface area contributed by atoms with Crippen molar-refractivity contribution in [3.8, 4) is 0 Å². The molecular formula is C24H43N3O4. The van der Waals surface area contributed by atoms with Gasteiger partial charge in [0.2, 0.25) is 5.91 Å². The van der Waals surface area contributed by atoms with E-state index in [1.54, 1.807) is 7.11 Å². The number of carboxylic acids is 1. The lowest BCUT2D eigenvalue weighted by atomic mass is 9.81. The summed E-state index contributed by atoms with van der Waals surface area (Å²) in [5.41, 5.74) is 0.517. The smallest absolute Gasteiger partial charge is 0.320 e. The molecule has 178 valence electrons. The summed E-state index contributed by atoms with van der Waals surface area (Å²) >= 11 is 0. The minimum Gasteiger partial charge on any atom is -0.480 e. The van der Waals surface area contributed by atoms with Crippen LogP contribution in [-0.2, 0) is 14.3 Å². The first-order valence-corrected chi connectivity index (χ1v) is 11.6. The second-order valence-corrected chi connectivity index (χ2v) is 8.77. The van der Waals surface area contributed by atoms with Crippen LogP contribution in [0.3, 0.4) is 0 Å². The Hall–Kier alpha value is -1.86. The van der Waals surface area contributed by atoms with Crippen LogP contribution in [0.4, 0.5) is 0 Å². The van der Waals surface area contributed by atoms with Gasteiger partial charge in [-0.2, -0.15) is 0 Å². The molecule has 0 bridgehead atoms. The van der Waals surface area contributed by atoms with Gasteiger partial charge < -0.3 is 20.5 Å². The Labute approximate surface area is 188 Å². The number of ether oxygens (including phenoxy) is 1. The molecule has 1 fully saturated rings. The number of aliphatic carboxylic acids is 1. The molecule has 5 atom stereocenters. The minimum atomic E-state index is -0.864. The molecule has 0 aromatic heterocycles. The van der Waals surface area contributed by atoms with Crippen LogP contribution in [0.2, 0.25) is 0 Å². The van der Waals surface area contributed by atoms with Crippen LogP contribution in [0.1, 0.15) is 73.1 Å². The Bertz CT molecular complexity index is 634. The molecule has 7 heteroatoms. The average Bonchev–Trinajstić information content (AvgIpc) is 3.15. The first-order chi connectivity index (χ1) is 14.7. The van der Waals surface area contributed by atoms with E-state index in [1.807, 2.05) is 39.1 Å².